The van der Waals surface area contributed by atoms with E-state index in [0.29, 0.717) is 23.8 Å². The molecule has 1 N–H and O–H groups in total. The molecule has 2 atom stereocenters. The molecule has 1 aromatic carbocycles. The molecule has 0 aliphatic rings. The maximum atomic E-state index is 12.8. The third-order valence-electron chi connectivity index (χ3n) is 5.11. The first-order valence-corrected chi connectivity index (χ1v) is 14.3. The van der Waals surface area contributed by atoms with E-state index < -0.39 is 30.4 Å². The lowest BCUT2D eigenvalue weighted by molar-refractivity contribution is 0.0526. The van der Waals surface area contributed by atoms with Crippen molar-refractivity contribution >= 4 is 37.2 Å². The summed E-state index contributed by atoms with van der Waals surface area (Å²) in [5.74, 6) is -0.416. The summed E-state index contributed by atoms with van der Waals surface area (Å²) < 4.78 is 27.0. The molecule has 0 aliphatic carbocycles. The number of halogens is 1. The van der Waals surface area contributed by atoms with Gasteiger partial charge in [0.05, 0.1) is 18.8 Å². The van der Waals surface area contributed by atoms with Crippen molar-refractivity contribution in [2.75, 3.05) is 13.2 Å². The molecule has 2 unspecified atom stereocenters. The van der Waals surface area contributed by atoms with Crippen LogP contribution in [0.25, 0.3) is 0 Å². The molecule has 0 bridgehead atoms. The summed E-state index contributed by atoms with van der Waals surface area (Å²) in [4.78, 5) is 12.0. The number of carbonyl (C=O) groups is 1. The third-order valence-corrected chi connectivity index (χ3v) is 11.5. The van der Waals surface area contributed by atoms with Gasteiger partial charge in [0.25, 0.3) is 0 Å². The molecule has 0 aliphatic heterocycles. The molecule has 0 radical (unpaired) electrons. The molecule has 1 rings (SSSR count). The molecule has 166 valence electrons. The fourth-order valence-electron chi connectivity index (χ4n) is 2.15. The first kappa shape index (κ1) is 26.5. The molecule has 0 fully saturated rings. The van der Waals surface area contributed by atoms with Crippen molar-refractivity contribution in [2.24, 2.45) is 0 Å². The Kier molecular flexibility index (Phi) is 9.27. The SMILES string of the molecule is CCOC(=O)c1ccc(C(CO[Si](C)(C)C(C)(C)C)N[S+]([O-])C(C)(C)C)c(Cl)c1. The summed E-state index contributed by atoms with van der Waals surface area (Å²) >= 11 is 5.21. The Hall–Kier alpha value is -0.573. The zero-order valence-corrected chi connectivity index (χ0v) is 21.7. The van der Waals surface area contributed by atoms with E-state index in [1.807, 2.05) is 20.8 Å². The number of carbonyl (C=O) groups excluding carboxylic acids is 1. The van der Waals surface area contributed by atoms with Crippen molar-refractivity contribution in [2.45, 2.75) is 77.4 Å². The quantitative estimate of drug-likeness (QED) is 0.308. The number of nitrogens with one attached hydrogen (secondary N) is 1. The van der Waals surface area contributed by atoms with Crippen LogP contribution in [0.4, 0.5) is 0 Å². The molecule has 0 amide bonds. The van der Waals surface area contributed by atoms with Crippen molar-refractivity contribution in [3.8, 4) is 0 Å². The van der Waals surface area contributed by atoms with Gasteiger partial charge in [0.15, 0.2) is 8.32 Å². The number of hydrogen-bond donors (Lipinski definition) is 1. The molecular weight excluding hydrogens is 426 g/mol. The van der Waals surface area contributed by atoms with Crippen LogP contribution in [-0.4, -0.2) is 36.8 Å². The lowest BCUT2D eigenvalue weighted by Crippen LogP contribution is -2.46. The lowest BCUT2D eigenvalue weighted by Gasteiger charge is -2.38. The maximum Gasteiger partial charge on any atom is 0.338 e. The van der Waals surface area contributed by atoms with Crippen LogP contribution in [0.5, 0.6) is 0 Å². The molecule has 29 heavy (non-hydrogen) atoms. The Morgan fingerprint density at radius 3 is 2.28 bits per heavy atom. The highest BCUT2D eigenvalue weighted by Crippen LogP contribution is 2.38. The van der Waals surface area contributed by atoms with Gasteiger partial charge in [0, 0.05) is 16.4 Å². The number of benzene rings is 1. The van der Waals surface area contributed by atoms with Gasteiger partial charge in [-0.2, -0.15) is 0 Å². The van der Waals surface area contributed by atoms with Gasteiger partial charge in [0.2, 0.25) is 0 Å². The zero-order valence-electron chi connectivity index (χ0n) is 19.1. The topological polar surface area (TPSA) is 70.6 Å². The fraction of sp³-hybridized carbons (Fsp3) is 0.667. The summed E-state index contributed by atoms with van der Waals surface area (Å²) in [5.41, 5.74) is 1.14. The van der Waals surface area contributed by atoms with Gasteiger partial charge in [0.1, 0.15) is 10.8 Å². The Bertz CT molecular complexity index is 701. The second kappa shape index (κ2) is 10.2. The molecular formula is C21H36ClNO4SSi. The Balaban J connectivity index is 3.18. The number of ether oxygens (including phenoxy) is 1. The first-order chi connectivity index (χ1) is 13.1. The third kappa shape index (κ3) is 7.56. The first-order valence-electron chi connectivity index (χ1n) is 9.88. The normalized spacial score (nSPS) is 15.1. The van der Waals surface area contributed by atoms with Crippen LogP contribution in [-0.2, 0) is 20.5 Å². The van der Waals surface area contributed by atoms with Crippen LogP contribution in [0.15, 0.2) is 18.2 Å². The largest absolute Gasteiger partial charge is 0.598 e. The standard InChI is InChI=1S/C21H36ClNO4SSi/c1-10-26-19(24)15-11-12-16(17(22)13-15)18(23-28(25)20(2,3)4)14-27-29(8,9)21(5,6)7/h11-13,18,23H,10,14H2,1-9H3. The lowest BCUT2D eigenvalue weighted by atomic mass is 10.1. The van der Waals surface area contributed by atoms with Crippen molar-refractivity contribution in [1.82, 2.24) is 4.72 Å². The molecule has 0 spiro atoms. The Morgan fingerprint density at radius 1 is 1.24 bits per heavy atom. The highest BCUT2D eigenvalue weighted by Gasteiger charge is 2.39. The predicted octanol–water partition coefficient (Wildman–Crippen LogP) is 5.63. The van der Waals surface area contributed by atoms with Crippen molar-refractivity contribution in [1.29, 1.82) is 0 Å². The Morgan fingerprint density at radius 2 is 1.83 bits per heavy atom. The van der Waals surface area contributed by atoms with E-state index in [9.17, 15) is 9.35 Å². The van der Waals surface area contributed by atoms with Gasteiger partial charge in [-0.3, -0.25) is 0 Å². The molecule has 8 heteroatoms. The molecule has 0 aromatic heterocycles. The molecule has 1 aromatic rings. The number of rotatable bonds is 8. The van der Waals surface area contributed by atoms with Gasteiger partial charge in [-0.25, -0.2) is 4.79 Å². The second-order valence-electron chi connectivity index (χ2n) is 9.58. The predicted molar refractivity (Wildman–Crippen MR) is 124 cm³/mol. The van der Waals surface area contributed by atoms with Gasteiger partial charge in [-0.1, -0.05) is 38.4 Å². The van der Waals surface area contributed by atoms with Crippen LogP contribution < -0.4 is 4.72 Å². The molecule has 5 nitrogen and oxygen atoms in total. The van der Waals surface area contributed by atoms with E-state index in [1.165, 1.54) is 0 Å². The number of hydrogen-bond acceptors (Lipinski definition) is 5. The van der Waals surface area contributed by atoms with Crippen molar-refractivity contribution in [3.05, 3.63) is 34.3 Å². The van der Waals surface area contributed by atoms with Crippen LogP contribution in [0.3, 0.4) is 0 Å². The summed E-state index contributed by atoms with van der Waals surface area (Å²) in [6, 6.07) is 4.69. The van der Waals surface area contributed by atoms with E-state index in [1.54, 1.807) is 25.1 Å². The minimum absolute atomic E-state index is 0.0539. The van der Waals surface area contributed by atoms with E-state index in [2.05, 4.69) is 38.6 Å². The van der Waals surface area contributed by atoms with Gasteiger partial charge < -0.3 is 13.7 Å². The molecule has 0 heterocycles. The minimum Gasteiger partial charge on any atom is -0.598 e. The fourth-order valence-corrected chi connectivity index (χ4v) is 4.29. The van der Waals surface area contributed by atoms with E-state index in [4.69, 9.17) is 20.8 Å². The van der Waals surface area contributed by atoms with Crippen LogP contribution in [0.1, 0.15) is 70.4 Å². The zero-order chi connectivity index (χ0) is 22.6. The van der Waals surface area contributed by atoms with Crippen LogP contribution in [0.2, 0.25) is 23.2 Å². The highest BCUT2D eigenvalue weighted by atomic mass is 35.5. The molecule has 0 saturated heterocycles. The van der Waals surface area contributed by atoms with Gasteiger partial charge >= 0.3 is 5.97 Å². The van der Waals surface area contributed by atoms with Crippen molar-refractivity contribution in [3.63, 3.8) is 0 Å². The summed E-state index contributed by atoms with van der Waals surface area (Å²) in [7, 11) is -2.01. The van der Waals surface area contributed by atoms with Gasteiger partial charge in [-0.05, 0) is 63.5 Å². The van der Waals surface area contributed by atoms with E-state index in [-0.39, 0.29) is 11.1 Å². The monoisotopic (exact) mass is 461 g/mol. The average molecular weight is 462 g/mol. The van der Waals surface area contributed by atoms with E-state index >= 15 is 0 Å². The van der Waals surface area contributed by atoms with Crippen LogP contribution in [0, 0.1) is 0 Å². The summed E-state index contributed by atoms with van der Waals surface area (Å²) in [6.07, 6.45) is 0. The average Bonchev–Trinajstić information content (AvgIpc) is 2.56. The van der Waals surface area contributed by atoms with Gasteiger partial charge in [-0.15, -0.1) is 4.72 Å². The van der Waals surface area contributed by atoms with Crippen LogP contribution >= 0.6 is 11.6 Å². The Labute approximate surface area is 185 Å². The number of esters is 1. The van der Waals surface area contributed by atoms with E-state index in [0.717, 1.165) is 5.56 Å². The smallest absolute Gasteiger partial charge is 0.338 e. The van der Waals surface area contributed by atoms with Crippen molar-refractivity contribution < 1.29 is 18.5 Å². The highest BCUT2D eigenvalue weighted by molar-refractivity contribution is 7.90. The molecule has 0 saturated carbocycles. The summed E-state index contributed by atoms with van der Waals surface area (Å²) in [6.45, 7) is 19.0. The maximum absolute atomic E-state index is 12.8. The second-order valence-corrected chi connectivity index (χ2v) is 16.8. The minimum atomic E-state index is -2.01. The summed E-state index contributed by atoms with van der Waals surface area (Å²) in [5, 5.41) is 0.468.